The van der Waals surface area contributed by atoms with Gasteiger partial charge in [0.15, 0.2) is 0 Å². The lowest BCUT2D eigenvalue weighted by atomic mass is 10.2. The third kappa shape index (κ3) is 2.76. The Morgan fingerprint density at radius 2 is 2.33 bits per heavy atom. The van der Waals surface area contributed by atoms with Crippen molar-refractivity contribution in [2.24, 2.45) is 5.73 Å². The van der Waals surface area contributed by atoms with Crippen LogP contribution in [-0.4, -0.2) is 31.1 Å². The Morgan fingerprint density at radius 1 is 1.56 bits per heavy atom. The smallest absolute Gasteiger partial charge is 0.244 e. The van der Waals surface area contributed by atoms with Crippen LogP contribution in [0.4, 0.5) is 5.69 Å². The number of nitrogens with zero attached hydrogens (tertiary/aromatic N) is 1. The molecule has 4 nitrogen and oxygen atoms in total. The van der Waals surface area contributed by atoms with Gasteiger partial charge in [-0.2, -0.15) is 0 Å². The lowest BCUT2D eigenvalue weighted by molar-refractivity contribution is -0.122. The highest BCUT2D eigenvalue weighted by atomic mass is 35.5. The molecule has 0 aromatic heterocycles. The summed E-state index contributed by atoms with van der Waals surface area (Å²) >= 11 is 6.00. The standard InChI is InChI=1S/C13H18ClN3O/c1-9-5-6-17(12(8-15)13(18)16-9)11-4-2-3-10(14)7-11/h2-4,7,9,12H,5-6,8,15H2,1H3,(H,16,18). The summed E-state index contributed by atoms with van der Waals surface area (Å²) in [5, 5.41) is 3.63. The maximum atomic E-state index is 12.1. The molecule has 0 aliphatic carbocycles. The molecule has 5 heteroatoms. The van der Waals surface area contributed by atoms with Gasteiger partial charge in [-0.3, -0.25) is 4.79 Å². The largest absolute Gasteiger partial charge is 0.358 e. The second-order valence-electron chi connectivity index (χ2n) is 4.62. The number of anilines is 1. The summed E-state index contributed by atoms with van der Waals surface area (Å²) in [4.78, 5) is 14.1. The molecule has 0 bridgehead atoms. The molecule has 18 heavy (non-hydrogen) atoms. The maximum Gasteiger partial charge on any atom is 0.244 e. The minimum absolute atomic E-state index is 0.0116. The lowest BCUT2D eigenvalue weighted by Gasteiger charge is -2.29. The van der Waals surface area contributed by atoms with Crippen molar-refractivity contribution in [1.82, 2.24) is 5.32 Å². The minimum Gasteiger partial charge on any atom is -0.358 e. The van der Waals surface area contributed by atoms with E-state index >= 15 is 0 Å². The molecule has 0 spiro atoms. The van der Waals surface area contributed by atoms with Gasteiger partial charge in [0.25, 0.3) is 0 Å². The fraction of sp³-hybridized carbons (Fsp3) is 0.462. The zero-order valence-electron chi connectivity index (χ0n) is 10.4. The summed E-state index contributed by atoms with van der Waals surface area (Å²) in [5.74, 6) is -0.0116. The van der Waals surface area contributed by atoms with Gasteiger partial charge in [-0.25, -0.2) is 0 Å². The Hall–Kier alpha value is -1.26. The number of hydrogen-bond donors (Lipinski definition) is 2. The lowest BCUT2D eigenvalue weighted by Crippen LogP contribution is -2.49. The van der Waals surface area contributed by atoms with Gasteiger partial charge >= 0.3 is 0 Å². The van der Waals surface area contributed by atoms with Crippen LogP contribution < -0.4 is 16.0 Å². The summed E-state index contributed by atoms with van der Waals surface area (Å²) in [7, 11) is 0. The molecule has 3 N–H and O–H groups in total. The average Bonchev–Trinajstić information content (AvgIpc) is 2.47. The SMILES string of the molecule is CC1CCN(c2cccc(Cl)c2)C(CN)C(=O)N1. The number of carbonyl (C=O) groups excluding carboxylic acids is 1. The van der Waals surface area contributed by atoms with E-state index in [0.29, 0.717) is 11.6 Å². The number of benzene rings is 1. The Labute approximate surface area is 112 Å². The van der Waals surface area contributed by atoms with Crippen molar-refractivity contribution in [1.29, 1.82) is 0 Å². The molecule has 1 aliphatic rings. The number of carbonyl (C=O) groups is 1. The molecule has 1 saturated heterocycles. The Morgan fingerprint density at radius 3 is 3.00 bits per heavy atom. The van der Waals surface area contributed by atoms with Crippen LogP contribution in [0.2, 0.25) is 5.02 Å². The van der Waals surface area contributed by atoms with Gasteiger partial charge in [-0.05, 0) is 31.5 Å². The van der Waals surface area contributed by atoms with E-state index in [1.807, 2.05) is 36.1 Å². The molecule has 2 atom stereocenters. The molecule has 1 aromatic rings. The quantitative estimate of drug-likeness (QED) is 0.851. The molecule has 1 aromatic carbocycles. The van der Waals surface area contributed by atoms with E-state index < -0.39 is 0 Å². The van der Waals surface area contributed by atoms with Gasteiger partial charge in [0.1, 0.15) is 6.04 Å². The fourth-order valence-electron chi connectivity index (χ4n) is 2.24. The summed E-state index contributed by atoms with van der Waals surface area (Å²) in [6.07, 6.45) is 0.898. The van der Waals surface area contributed by atoms with E-state index in [2.05, 4.69) is 5.32 Å². The molecule has 98 valence electrons. The third-order valence-corrected chi connectivity index (χ3v) is 3.47. The summed E-state index contributed by atoms with van der Waals surface area (Å²) in [6, 6.07) is 7.38. The number of amides is 1. The summed E-state index contributed by atoms with van der Waals surface area (Å²) in [5.41, 5.74) is 6.69. The summed E-state index contributed by atoms with van der Waals surface area (Å²) in [6.45, 7) is 3.10. The monoisotopic (exact) mass is 267 g/mol. The van der Waals surface area contributed by atoms with Crippen LogP contribution in [0.15, 0.2) is 24.3 Å². The Kier molecular flexibility index (Phi) is 4.09. The van der Waals surface area contributed by atoms with Crippen molar-refractivity contribution in [3.05, 3.63) is 29.3 Å². The van der Waals surface area contributed by atoms with Crippen molar-refractivity contribution in [3.63, 3.8) is 0 Å². The second-order valence-corrected chi connectivity index (χ2v) is 5.06. The fourth-order valence-corrected chi connectivity index (χ4v) is 2.42. The van der Waals surface area contributed by atoms with E-state index in [9.17, 15) is 4.79 Å². The van der Waals surface area contributed by atoms with Crippen molar-refractivity contribution < 1.29 is 4.79 Å². The van der Waals surface area contributed by atoms with Crippen LogP contribution in [0.25, 0.3) is 0 Å². The number of hydrogen-bond acceptors (Lipinski definition) is 3. The highest BCUT2D eigenvalue weighted by Crippen LogP contribution is 2.23. The van der Waals surface area contributed by atoms with E-state index in [0.717, 1.165) is 18.7 Å². The van der Waals surface area contributed by atoms with E-state index in [1.165, 1.54) is 0 Å². The Bertz CT molecular complexity index is 438. The van der Waals surface area contributed by atoms with Crippen LogP contribution in [0.3, 0.4) is 0 Å². The number of nitrogens with one attached hydrogen (secondary N) is 1. The maximum absolute atomic E-state index is 12.1. The highest BCUT2D eigenvalue weighted by molar-refractivity contribution is 6.30. The molecule has 1 amide bonds. The van der Waals surface area contributed by atoms with Crippen LogP contribution in [-0.2, 0) is 4.79 Å². The van der Waals surface area contributed by atoms with Crippen molar-refractivity contribution in [3.8, 4) is 0 Å². The molecule has 1 fully saturated rings. The Balaban J connectivity index is 2.31. The van der Waals surface area contributed by atoms with E-state index in [1.54, 1.807) is 0 Å². The number of halogens is 1. The van der Waals surface area contributed by atoms with Gasteiger partial charge in [0, 0.05) is 29.8 Å². The molecule has 2 unspecified atom stereocenters. The van der Waals surface area contributed by atoms with Crippen LogP contribution in [0, 0.1) is 0 Å². The number of rotatable bonds is 2. The third-order valence-electron chi connectivity index (χ3n) is 3.23. The molecular weight excluding hydrogens is 250 g/mol. The first-order valence-electron chi connectivity index (χ1n) is 6.14. The van der Waals surface area contributed by atoms with Gasteiger partial charge in [0.2, 0.25) is 5.91 Å². The molecule has 0 saturated carbocycles. The first kappa shape index (κ1) is 13.2. The summed E-state index contributed by atoms with van der Waals surface area (Å²) < 4.78 is 0. The van der Waals surface area contributed by atoms with Gasteiger partial charge in [-0.15, -0.1) is 0 Å². The first-order chi connectivity index (χ1) is 8.61. The first-order valence-corrected chi connectivity index (χ1v) is 6.52. The zero-order valence-corrected chi connectivity index (χ0v) is 11.2. The highest BCUT2D eigenvalue weighted by Gasteiger charge is 2.29. The van der Waals surface area contributed by atoms with Crippen LogP contribution >= 0.6 is 11.6 Å². The van der Waals surface area contributed by atoms with Gasteiger partial charge in [0.05, 0.1) is 0 Å². The molecule has 0 radical (unpaired) electrons. The second kappa shape index (κ2) is 5.59. The van der Waals surface area contributed by atoms with E-state index in [-0.39, 0.29) is 18.0 Å². The predicted octanol–water partition coefficient (Wildman–Crippen LogP) is 1.38. The normalized spacial score (nSPS) is 24.6. The van der Waals surface area contributed by atoms with Gasteiger partial charge in [-0.1, -0.05) is 17.7 Å². The van der Waals surface area contributed by atoms with Gasteiger partial charge < -0.3 is 16.0 Å². The van der Waals surface area contributed by atoms with Crippen molar-refractivity contribution in [2.45, 2.75) is 25.4 Å². The molecule has 2 rings (SSSR count). The van der Waals surface area contributed by atoms with Crippen molar-refractivity contribution in [2.75, 3.05) is 18.0 Å². The molecular formula is C13H18ClN3O. The minimum atomic E-state index is -0.326. The van der Waals surface area contributed by atoms with E-state index in [4.69, 9.17) is 17.3 Å². The topological polar surface area (TPSA) is 58.4 Å². The van der Waals surface area contributed by atoms with Crippen LogP contribution in [0.5, 0.6) is 0 Å². The molecule has 1 heterocycles. The van der Waals surface area contributed by atoms with Crippen molar-refractivity contribution >= 4 is 23.2 Å². The number of nitrogens with two attached hydrogens (primary N) is 1. The zero-order chi connectivity index (χ0) is 13.1. The predicted molar refractivity (Wildman–Crippen MR) is 73.9 cm³/mol. The average molecular weight is 268 g/mol. The van der Waals surface area contributed by atoms with Crippen LogP contribution in [0.1, 0.15) is 13.3 Å². The molecule has 1 aliphatic heterocycles.